The van der Waals surface area contributed by atoms with Crippen molar-refractivity contribution in [2.45, 2.75) is 0 Å². The second kappa shape index (κ2) is 3.48. The van der Waals surface area contributed by atoms with E-state index in [-0.39, 0.29) is 0 Å². The Kier molecular flexibility index (Phi) is 2.49. The van der Waals surface area contributed by atoms with E-state index >= 15 is 0 Å². The van der Waals surface area contributed by atoms with Crippen LogP contribution in [-0.2, 0) is 0 Å². The van der Waals surface area contributed by atoms with Gasteiger partial charge < -0.3 is 0 Å². The first kappa shape index (κ1) is 9.31. The fourth-order valence-corrected chi connectivity index (χ4v) is 3.35. The van der Waals surface area contributed by atoms with Gasteiger partial charge in [0.1, 0.15) is 0 Å². The Balaban J connectivity index is 2.53. The van der Waals surface area contributed by atoms with Gasteiger partial charge in [-0.15, -0.1) is 11.3 Å². The van der Waals surface area contributed by atoms with Gasteiger partial charge in [-0.05, 0) is 34.7 Å². The number of halogens is 2. The maximum absolute atomic E-state index is 8.74. The number of rotatable bonds is 0. The predicted molar refractivity (Wildman–Crippen MR) is 63.8 cm³/mol. The van der Waals surface area contributed by atoms with Crippen LogP contribution in [0.5, 0.6) is 0 Å². The molecule has 0 unspecified atom stereocenters. The minimum atomic E-state index is 0.498. The van der Waals surface area contributed by atoms with E-state index in [0.29, 0.717) is 12.1 Å². The first-order chi connectivity index (χ1) is 6.20. The van der Waals surface area contributed by atoms with Crippen molar-refractivity contribution in [3.8, 4) is 6.07 Å². The summed E-state index contributed by atoms with van der Waals surface area (Å²) in [5.74, 6) is 0. The molecule has 0 N–H and O–H groups in total. The number of fused-ring (bicyclic) bond motifs is 1. The van der Waals surface area contributed by atoms with Gasteiger partial charge in [-0.1, -0.05) is 0 Å². The Morgan fingerprint density at radius 1 is 1.69 bits per heavy atom. The lowest BCUT2D eigenvalue weighted by Gasteiger charge is -2.18. The molecule has 0 fully saturated rings. The van der Waals surface area contributed by atoms with Crippen LogP contribution in [0, 0.1) is 14.2 Å². The third-order valence-electron chi connectivity index (χ3n) is 1.73. The Labute approximate surface area is 98.7 Å². The van der Waals surface area contributed by atoms with Gasteiger partial charge in [-0.25, -0.2) is 0 Å². The molecule has 2 rings (SSSR count). The second-order valence-electron chi connectivity index (χ2n) is 2.60. The zero-order valence-corrected chi connectivity index (χ0v) is 10.2. The minimum Gasteiger partial charge on any atom is -0.279 e. The lowest BCUT2D eigenvalue weighted by molar-refractivity contribution is 1.14. The van der Waals surface area contributed by atoms with E-state index < -0.39 is 0 Å². The molecule has 1 aromatic rings. The molecule has 0 spiro atoms. The van der Waals surface area contributed by atoms with E-state index in [1.807, 2.05) is 12.1 Å². The van der Waals surface area contributed by atoms with Crippen LogP contribution in [0.15, 0.2) is 11.6 Å². The second-order valence-corrected chi connectivity index (χ2v) is 5.99. The van der Waals surface area contributed by atoms with Gasteiger partial charge in [-0.3, -0.25) is 4.42 Å². The normalized spacial score (nSPS) is 14.8. The van der Waals surface area contributed by atoms with E-state index in [9.17, 15) is 0 Å². The first-order valence-corrected chi connectivity index (χ1v) is 5.77. The Morgan fingerprint density at radius 2 is 2.46 bits per heavy atom. The largest absolute Gasteiger partial charge is 0.279 e. The van der Waals surface area contributed by atoms with Gasteiger partial charge in [0.2, 0.25) is 0 Å². The molecule has 13 heavy (non-hydrogen) atoms. The number of anilines is 1. The van der Waals surface area contributed by atoms with Crippen LogP contribution in [0.2, 0.25) is 0 Å². The van der Waals surface area contributed by atoms with E-state index in [2.05, 4.69) is 28.7 Å². The highest BCUT2D eigenvalue weighted by atomic mass is 127. The molecule has 0 saturated heterocycles. The van der Waals surface area contributed by atoms with Crippen molar-refractivity contribution in [1.82, 2.24) is 0 Å². The fourth-order valence-electron chi connectivity index (χ4n) is 1.16. The first-order valence-electron chi connectivity index (χ1n) is 3.54. The summed E-state index contributed by atoms with van der Waals surface area (Å²) >= 11 is 9.88. The number of hydrogen-bond acceptors (Lipinski definition) is 3. The van der Waals surface area contributed by atoms with E-state index in [1.165, 1.54) is 2.88 Å². The minimum absolute atomic E-state index is 0.498. The van der Waals surface area contributed by atoms with E-state index in [4.69, 9.17) is 17.0 Å². The van der Waals surface area contributed by atoms with Gasteiger partial charge in [0.05, 0.1) is 31.6 Å². The maximum Gasteiger partial charge on any atom is 0.0967 e. The van der Waals surface area contributed by atoms with Crippen molar-refractivity contribution in [3.63, 3.8) is 0 Å². The summed E-state index contributed by atoms with van der Waals surface area (Å²) in [7, 11) is 0. The third kappa shape index (κ3) is 1.68. The molecule has 2 heterocycles. The average Bonchev–Trinajstić information content (AvgIpc) is 2.46. The van der Waals surface area contributed by atoms with Crippen LogP contribution in [0.4, 0.5) is 5.69 Å². The summed E-state index contributed by atoms with van der Waals surface area (Å²) in [6, 6.07) is 4.15. The molecule has 1 aliphatic heterocycles. The van der Waals surface area contributed by atoms with Gasteiger partial charge in [0, 0.05) is 11.8 Å². The van der Waals surface area contributed by atoms with Crippen LogP contribution < -0.4 is 4.42 Å². The molecule has 1 aliphatic rings. The topological polar surface area (TPSA) is 27.0 Å². The summed E-state index contributed by atoms with van der Waals surface area (Å²) in [6.07, 6.45) is 1.90. The molecule has 0 saturated carbocycles. The van der Waals surface area contributed by atoms with Crippen molar-refractivity contribution in [3.05, 3.63) is 19.4 Å². The lowest BCUT2D eigenvalue weighted by Crippen LogP contribution is -2.16. The molecular formula is C8H4ClIN2S. The fraction of sp³-hybridized carbons (Fsp3) is 0.125. The summed E-state index contributed by atoms with van der Waals surface area (Å²) in [4.78, 5) is 1.07. The van der Waals surface area contributed by atoms with Gasteiger partial charge in [0.25, 0.3) is 0 Å². The highest BCUT2D eigenvalue weighted by Gasteiger charge is 2.18. The van der Waals surface area contributed by atoms with Crippen LogP contribution in [0.25, 0.3) is 6.08 Å². The van der Waals surface area contributed by atoms with E-state index in [1.54, 1.807) is 15.8 Å². The van der Waals surface area contributed by atoms with Crippen LogP contribution in [0.1, 0.15) is 4.88 Å². The maximum atomic E-state index is 8.74. The molecule has 66 valence electrons. The van der Waals surface area contributed by atoms with Crippen molar-refractivity contribution < 1.29 is 0 Å². The predicted octanol–water partition coefficient (Wildman–Crippen LogP) is 3.23. The molecule has 0 atom stereocenters. The molecule has 1 aromatic heterocycles. The van der Waals surface area contributed by atoms with Gasteiger partial charge in [0.15, 0.2) is 0 Å². The molecule has 5 heteroatoms. The Morgan fingerprint density at radius 3 is 3.15 bits per heavy atom. The number of thiophene rings is 1. The van der Waals surface area contributed by atoms with Crippen LogP contribution in [0.3, 0.4) is 0 Å². The van der Waals surface area contributed by atoms with Gasteiger partial charge >= 0.3 is 0 Å². The number of hydrogen-bond donors (Lipinski definition) is 0. The molecule has 2 nitrogen and oxygen atoms in total. The molecule has 0 radical (unpaired) electrons. The van der Waals surface area contributed by atoms with Crippen molar-refractivity contribution in [2.75, 3.05) is 11.0 Å². The summed E-state index contributed by atoms with van der Waals surface area (Å²) in [5, 5.41) is 8.74. The van der Waals surface area contributed by atoms with Crippen LogP contribution in [-0.4, -0.2) is 6.54 Å². The quantitative estimate of drug-likeness (QED) is 0.541. The average molecular weight is 323 g/mol. The van der Waals surface area contributed by atoms with Crippen molar-refractivity contribution in [2.24, 2.45) is 0 Å². The van der Waals surface area contributed by atoms with Crippen LogP contribution >= 0.6 is 45.7 Å². The molecule has 0 amide bonds. The monoisotopic (exact) mass is 322 g/mol. The highest BCUT2D eigenvalue weighted by molar-refractivity contribution is 14.1. The third-order valence-corrected chi connectivity index (χ3v) is 3.86. The zero-order valence-electron chi connectivity index (χ0n) is 6.42. The molecule has 0 aliphatic carbocycles. The summed E-state index contributed by atoms with van der Waals surface area (Å²) in [5.41, 5.74) is 1.72. The smallest absolute Gasteiger partial charge is 0.0967 e. The molecule has 0 bridgehead atoms. The van der Waals surface area contributed by atoms with Crippen molar-refractivity contribution >= 4 is 57.5 Å². The highest BCUT2D eigenvalue weighted by Crippen LogP contribution is 2.37. The SMILES string of the molecule is N#CC1=Cc2sc(I)cc2N(Cl)C1. The Bertz CT molecular complexity index is 418. The van der Waals surface area contributed by atoms with Crippen molar-refractivity contribution in [1.29, 1.82) is 5.26 Å². The molecular weight excluding hydrogens is 319 g/mol. The summed E-state index contributed by atoms with van der Waals surface area (Å²) < 4.78 is 2.77. The van der Waals surface area contributed by atoms with E-state index in [0.717, 1.165) is 10.6 Å². The standard InChI is InChI=1S/C8H4ClIN2S/c9-12-4-5(3-11)1-7-6(12)2-8(10)13-7/h1-2H,4H2. The lowest BCUT2D eigenvalue weighted by atomic mass is 10.2. The zero-order chi connectivity index (χ0) is 9.42. The molecule has 0 aromatic carbocycles. The number of nitriles is 1. The summed E-state index contributed by atoms with van der Waals surface area (Å²) in [6.45, 7) is 0.498. The van der Waals surface area contributed by atoms with Gasteiger partial charge in [-0.2, -0.15) is 5.26 Å². The number of nitrogens with zero attached hydrogens (tertiary/aromatic N) is 2. The Hall–Kier alpha value is -0.250.